The third kappa shape index (κ3) is 23.4. The Balaban J connectivity index is -0.00000171. The van der Waals surface area contributed by atoms with Gasteiger partial charge in [-0.1, -0.05) is 132 Å². The summed E-state index contributed by atoms with van der Waals surface area (Å²) in [6.45, 7) is 39.4. The Bertz CT molecular complexity index is 1920. The molecule has 0 bridgehead atoms. The zero-order valence-electron chi connectivity index (χ0n) is 44.4. The number of aromatic hydroxyl groups is 1. The second kappa shape index (κ2) is 32.6. The predicted octanol–water partition coefficient (Wildman–Crippen LogP) is 5.56. The molecule has 2 N–H and O–H groups in total. The van der Waals surface area contributed by atoms with E-state index in [9.17, 15) is 4.79 Å². The zero-order chi connectivity index (χ0) is 48.6. The summed E-state index contributed by atoms with van der Waals surface area (Å²) in [6.07, 6.45) is 1.96. The van der Waals surface area contributed by atoms with Crippen LogP contribution >= 0.6 is 15.8 Å². The molecule has 0 radical (unpaired) electrons. The number of benzene rings is 5. The Morgan fingerprint density at radius 2 is 0.866 bits per heavy atom. The molecule has 0 fully saturated rings. The quantitative estimate of drug-likeness (QED) is 0.0625. The van der Waals surface area contributed by atoms with Crippen molar-refractivity contribution in [1.82, 2.24) is 0 Å². The first kappa shape index (κ1) is 69.5. The largest absolute Gasteiger partial charge is 3.00 e. The molecule has 0 aliphatic carbocycles. The maximum absolute atomic E-state index is 10.2. The molecule has 0 amide bonds. The van der Waals surface area contributed by atoms with Crippen molar-refractivity contribution >= 4 is 49.5 Å². The van der Waals surface area contributed by atoms with E-state index in [0.29, 0.717) is 11.3 Å². The summed E-state index contributed by atoms with van der Waals surface area (Å²) >= 11 is 0. The van der Waals surface area contributed by atoms with E-state index in [1.54, 1.807) is 0 Å². The van der Waals surface area contributed by atoms with E-state index in [1.807, 2.05) is 0 Å². The molecule has 0 aliphatic heterocycles. The maximum Gasteiger partial charge on any atom is 3.00 e. The first-order chi connectivity index (χ1) is 29.7. The van der Waals surface area contributed by atoms with E-state index in [1.165, 1.54) is 68.1 Å². The molecule has 5 aromatic carbocycles. The third-order valence-electron chi connectivity index (χ3n) is 11.0. The molecule has 0 spiro atoms. The molecule has 0 saturated carbocycles. The average molecular weight is 1370 g/mol. The molecule has 67 heavy (non-hydrogen) atoms. The number of carbonyl (C=O) groups excluding carboxylic acids is 1. The van der Waals surface area contributed by atoms with Gasteiger partial charge in [-0.15, -0.1) is 24.3 Å². The summed E-state index contributed by atoms with van der Waals surface area (Å²) in [4.78, 5) is 21.5. The van der Waals surface area contributed by atoms with Gasteiger partial charge in [0.05, 0.1) is 48.4 Å². The number of carbonyl (C=O) groups is 2. The van der Waals surface area contributed by atoms with E-state index in [4.69, 9.17) is 20.3 Å². The fourth-order valence-electron chi connectivity index (χ4n) is 7.44. The Kier molecular flexibility index (Phi) is 33.8. The van der Waals surface area contributed by atoms with E-state index >= 15 is 0 Å². The zero-order valence-corrected chi connectivity index (χ0v) is 60.3. The van der Waals surface area contributed by atoms with Gasteiger partial charge in [0, 0.05) is 12.2 Å². The minimum atomic E-state index is -1.17. The molecule has 0 saturated heterocycles. The van der Waals surface area contributed by atoms with Crippen molar-refractivity contribution in [1.29, 1.82) is 0 Å². The van der Waals surface area contributed by atoms with Gasteiger partial charge < -0.3 is 46.8 Å². The van der Waals surface area contributed by atoms with Crippen molar-refractivity contribution in [3.63, 3.8) is 0 Å². The number of hydrogen-bond donors (Lipinski definition) is 2. The second-order valence-corrected chi connectivity index (χ2v) is 26.4. The third-order valence-corrected chi connectivity index (χ3v) is 17.3. The Hall–Kier alpha value is 0.413. The van der Waals surface area contributed by atoms with Crippen LogP contribution in [0.5, 0.6) is 5.75 Å². The molecule has 2 unspecified atom stereocenters. The molecule has 356 valence electrons. The van der Waals surface area contributed by atoms with Crippen LogP contribution in [-0.2, 0) is 51.4 Å². The second-order valence-electron chi connectivity index (χ2n) is 20.5. The predicted molar refractivity (Wildman–Crippen MR) is 277 cm³/mol. The van der Waals surface area contributed by atoms with Crippen LogP contribution in [0.15, 0.2) is 115 Å². The number of carboxylic acid groups (broad SMARTS) is 1. The van der Waals surface area contributed by atoms with Gasteiger partial charge in [0.2, 0.25) is 0 Å². The average Bonchev–Trinajstić information content (AvgIpc) is 3.21. The summed E-state index contributed by atoms with van der Waals surface area (Å²) in [5.74, 6) is -1.42. The van der Waals surface area contributed by atoms with Crippen LogP contribution in [0.4, 0.5) is 0 Å². The van der Waals surface area contributed by atoms with E-state index in [2.05, 4.69) is 219 Å². The number of carboxylic acids is 1. The summed E-state index contributed by atoms with van der Waals surface area (Å²) in [7, 11) is -2.05. The summed E-state index contributed by atoms with van der Waals surface area (Å²) in [6, 6.07) is 45.4. The van der Waals surface area contributed by atoms with E-state index in [-0.39, 0.29) is 199 Å². The van der Waals surface area contributed by atoms with Crippen LogP contribution in [0.25, 0.3) is 0 Å². The van der Waals surface area contributed by atoms with Crippen molar-refractivity contribution in [3.05, 3.63) is 163 Å². The molecule has 11 heteroatoms. The topological polar surface area (TPSA) is 107 Å². The van der Waals surface area contributed by atoms with Gasteiger partial charge in [-0.25, -0.2) is 0 Å². The van der Waals surface area contributed by atoms with Crippen molar-refractivity contribution < 1.29 is 189 Å². The fraction of sp³-hybridized carbons (Fsp3) is 0.393. The van der Waals surface area contributed by atoms with Crippen molar-refractivity contribution in [2.75, 3.05) is 0 Å². The number of aromatic carboxylic acids is 1. The molecule has 0 heterocycles. The Morgan fingerprint density at radius 1 is 0.627 bits per heavy atom. The monoisotopic (exact) mass is 1370 g/mol. The van der Waals surface area contributed by atoms with Crippen molar-refractivity contribution in [2.45, 2.75) is 143 Å². The van der Waals surface area contributed by atoms with Gasteiger partial charge in [0.25, 0.3) is 12.4 Å². The van der Waals surface area contributed by atoms with Crippen LogP contribution in [-0.4, -0.2) is 34.0 Å². The minimum Gasteiger partial charge on any atom is -1.00 e. The van der Waals surface area contributed by atoms with Gasteiger partial charge in [0.1, 0.15) is 0 Å². The first-order valence-corrected chi connectivity index (χ1v) is 25.3. The smallest absolute Gasteiger partial charge is 1.00 e. The van der Waals surface area contributed by atoms with Crippen LogP contribution < -0.4 is 164 Å². The molecule has 5 aromatic rings. The molecular formula is C56H77Cs2IrO6P2+2. The SMILES string of the molecule is CC(CC(C)[PH+](c1ccc(C(C)(C)C)cc1)c1ccc(C(C)(C)C)cc1)[PH+](c1ccc(C(C)(C)C)cc1)c1ccc(C(C)(C)C)cc1.O=C(O)c1[c-]cccc1O.O=CO[O-].[CH2-]C[CH2-].[Cs+].[Cs+].[H-].[Ir+3]. The van der Waals surface area contributed by atoms with Gasteiger partial charge >= 0.3 is 158 Å². The van der Waals surface area contributed by atoms with Crippen LogP contribution in [0.2, 0.25) is 0 Å². The Labute approximate surface area is 540 Å². The van der Waals surface area contributed by atoms with E-state index < -0.39 is 21.8 Å². The van der Waals surface area contributed by atoms with E-state index in [0.717, 1.165) is 6.42 Å². The number of phenols is 1. The van der Waals surface area contributed by atoms with Crippen LogP contribution in [0, 0.1) is 19.9 Å². The van der Waals surface area contributed by atoms with Gasteiger partial charge in [-0.05, 0) is 112 Å². The van der Waals surface area contributed by atoms with Gasteiger partial charge in [-0.2, -0.15) is 0 Å². The summed E-state index contributed by atoms with van der Waals surface area (Å²) in [5.41, 5.74) is 7.24. The summed E-state index contributed by atoms with van der Waals surface area (Å²) in [5, 5.41) is 31.8. The maximum atomic E-state index is 10.2. The summed E-state index contributed by atoms with van der Waals surface area (Å²) < 4.78 is 0. The number of rotatable bonds is 10. The van der Waals surface area contributed by atoms with Crippen molar-refractivity contribution in [2.24, 2.45) is 0 Å². The van der Waals surface area contributed by atoms with Crippen molar-refractivity contribution in [3.8, 4) is 5.75 Å². The van der Waals surface area contributed by atoms with Crippen LogP contribution in [0.3, 0.4) is 0 Å². The molecule has 6 nitrogen and oxygen atoms in total. The Morgan fingerprint density at radius 3 is 1.03 bits per heavy atom. The molecular weight excluding hydrogens is 1290 g/mol. The van der Waals surface area contributed by atoms with Gasteiger partial charge in [-0.3, -0.25) is 4.79 Å². The molecule has 0 aromatic heterocycles. The minimum absolute atomic E-state index is 0. The molecule has 0 aliphatic rings. The normalized spacial score (nSPS) is 12.1. The standard InChI is InChI=1S/C45H62P2.C7H5O3.C3H6.CH2O3.2Cs.Ir.H/c1-32(46(38-23-15-34(16-24-38)42(3,4)5)39-25-17-35(18-26-39)43(6,7)8)31-33(2)47(40-27-19-36(20-28-40)44(9,10)11)41-29-21-37(22-30-41)45(12,13)14;8-6-4-2-1-3-5(6)7(9)10;1-3-2;2-1-4-3;;;;/h15-30,32-33H,31H2,1-14H3;1-2,4,8H,(H,9,10);1-3H2;1,3H;;;;/q;-1;-2;;2*+1;+3;-1/p+1. The first-order valence-electron chi connectivity index (χ1n) is 22.1. The molecule has 5 rings (SSSR count). The number of hydrogen-bond acceptors (Lipinski definition) is 5. The van der Waals surface area contributed by atoms with Gasteiger partial charge in [0.15, 0.2) is 0 Å². The fourth-order valence-corrected chi connectivity index (χ4v) is 13.9. The van der Waals surface area contributed by atoms with Crippen LogP contribution in [0.1, 0.15) is 144 Å². The molecule has 2 atom stereocenters.